The number of ether oxygens (including phenoxy) is 1. The third-order valence-electron chi connectivity index (χ3n) is 4.08. The molecule has 0 radical (unpaired) electrons. The number of anilines is 1. The van der Waals surface area contributed by atoms with Crippen molar-refractivity contribution in [1.29, 1.82) is 0 Å². The fraction of sp³-hybridized carbons (Fsp3) is 0.562. The van der Waals surface area contributed by atoms with E-state index < -0.39 is 5.54 Å². The highest BCUT2D eigenvalue weighted by Gasteiger charge is 2.35. The van der Waals surface area contributed by atoms with Crippen LogP contribution in [-0.2, 0) is 9.53 Å². The number of morpholine rings is 1. The first kappa shape index (κ1) is 18.0. The largest absolute Gasteiger partial charge is 0.379 e. The fourth-order valence-corrected chi connectivity index (χ4v) is 2.54. The van der Waals surface area contributed by atoms with Gasteiger partial charge in [-0.25, -0.2) is 0 Å². The molecule has 21 heavy (non-hydrogen) atoms. The number of carbonyl (C=O) groups excluding carboxylic acids is 1. The smallest absolute Gasteiger partial charge is 0.244 e. The lowest BCUT2D eigenvalue weighted by molar-refractivity contribution is -0.129. The van der Waals surface area contributed by atoms with E-state index in [0.717, 1.165) is 29.9 Å². The summed E-state index contributed by atoms with van der Waals surface area (Å²) in [6.45, 7) is 11.0. The van der Waals surface area contributed by atoms with E-state index in [2.05, 4.69) is 10.2 Å². The number of hydrogen-bond donors (Lipinski definition) is 1. The Morgan fingerprint density at radius 3 is 2.24 bits per heavy atom. The Morgan fingerprint density at radius 2 is 1.71 bits per heavy atom. The predicted octanol–water partition coefficient (Wildman–Crippen LogP) is 2.77. The monoisotopic (exact) mass is 312 g/mol. The van der Waals surface area contributed by atoms with Crippen molar-refractivity contribution in [3.8, 4) is 0 Å². The van der Waals surface area contributed by atoms with Gasteiger partial charge in [-0.3, -0.25) is 9.69 Å². The maximum Gasteiger partial charge on any atom is 0.244 e. The minimum absolute atomic E-state index is 0. The maximum absolute atomic E-state index is 12.6. The third-order valence-corrected chi connectivity index (χ3v) is 4.08. The Morgan fingerprint density at radius 1 is 1.19 bits per heavy atom. The van der Waals surface area contributed by atoms with Gasteiger partial charge >= 0.3 is 0 Å². The van der Waals surface area contributed by atoms with Crippen molar-refractivity contribution in [3.05, 3.63) is 29.3 Å². The van der Waals surface area contributed by atoms with Gasteiger partial charge < -0.3 is 10.1 Å². The molecule has 0 bridgehead atoms. The summed E-state index contributed by atoms with van der Waals surface area (Å²) in [6, 6.07) is 6.04. The molecule has 2 rings (SSSR count). The van der Waals surface area contributed by atoms with E-state index in [0.29, 0.717) is 13.2 Å². The van der Waals surface area contributed by atoms with Gasteiger partial charge in [0, 0.05) is 18.8 Å². The first-order valence-electron chi connectivity index (χ1n) is 7.13. The van der Waals surface area contributed by atoms with Crippen LogP contribution >= 0.6 is 12.4 Å². The summed E-state index contributed by atoms with van der Waals surface area (Å²) in [6.07, 6.45) is 0. The number of aryl methyl sites for hydroxylation is 2. The van der Waals surface area contributed by atoms with Crippen LogP contribution in [0.2, 0.25) is 0 Å². The molecule has 0 aromatic heterocycles. The van der Waals surface area contributed by atoms with E-state index in [1.165, 1.54) is 0 Å². The third kappa shape index (κ3) is 3.96. The summed E-state index contributed by atoms with van der Waals surface area (Å²) in [5.41, 5.74) is 2.59. The first-order chi connectivity index (χ1) is 9.43. The molecular weight excluding hydrogens is 288 g/mol. The number of benzene rings is 1. The van der Waals surface area contributed by atoms with Gasteiger partial charge in [0.25, 0.3) is 0 Å². The highest BCUT2D eigenvalue weighted by Crippen LogP contribution is 2.23. The van der Waals surface area contributed by atoms with Crippen LogP contribution in [0, 0.1) is 13.8 Å². The number of hydrogen-bond acceptors (Lipinski definition) is 3. The average molecular weight is 313 g/mol. The molecule has 0 aliphatic carbocycles. The Bertz CT molecular complexity index is 477. The highest BCUT2D eigenvalue weighted by molar-refractivity contribution is 5.98. The average Bonchev–Trinajstić information content (AvgIpc) is 2.43. The second-order valence-electron chi connectivity index (χ2n) is 5.88. The van der Waals surface area contributed by atoms with E-state index in [1.54, 1.807) is 0 Å². The fourth-order valence-electron chi connectivity index (χ4n) is 2.54. The van der Waals surface area contributed by atoms with Crippen LogP contribution in [0.25, 0.3) is 0 Å². The lowest BCUT2D eigenvalue weighted by atomic mass is 9.99. The van der Waals surface area contributed by atoms with Gasteiger partial charge in [0.15, 0.2) is 0 Å². The molecule has 1 heterocycles. The van der Waals surface area contributed by atoms with Gasteiger partial charge in [0.05, 0.1) is 18.8 Å². The Labute approximate surface area is 133 Å². The quantitative estimate of drug-likeness (QED) is 0.933. The zero-order chi connectivity index (χ0) is 14.8. The molecule has 5 heteroatoms. The highest BCUT2D eigenvalue weighted by atomic mass is 35.5. The zero-order valence-electron chi connectivity index (χ0n) is 13.2. The molecule has 1 saturated heterocycles. The van der Waals surface area contributed by atoms with Crippen LogP contribution < -0.4 is 5.32 Å². The molecule has 1 aromatic rings. The molecule has 0 unspecified atom stereocenters. The van der Waals surface area contributed by atoms with Crippen molar-refractivity contribution in [2.45, 2.75) is 33.2 Å². The summed E-state index contributed by atoms with van der Waals surface area (Å²) in [5.74, 6) is 0.0387. The normalized spacial score (nSPS) is 16.2. The second kappa shape index (κ2) is 7.25. The molecule has 1 aliphatic rings. The molecule has 118 valence electrons. The number of nitrogens with one attached hydrogen (secondary N) is 1. The van der Waals surface area contributed by atoms with Crippen LogP contribution in [0.15, 0.2) is 18.2 Å². The topological polar surface area (TPSA) is 41.6 Å². The van der Waals surface area contributed by atoms with Crippen molar-refractivity contribution in [2.75, 3.05) is 31.6 Å². The molecule has 0 saturated carbocycles. The van der Waals surface area contributed by atoms with Crippen LogP contribution in [-0.4, -0.2) is 42.6 Å². The Kier molecular flexibility index (Phi) is 6.20. The number of carbonyl (C=O) groups is 1. The van der Waals surface area contributed by atoms with E-state index >= 15 is 0 Å². The van der Waals surface area contributed by atoms with Crippen molar-refractivity contribution >= 4 is 24.0 Å². The molecule has 0 atom stereocenters. The van der Waals surface area contributed by atoms with E-state index in [1.807, 2.05) is 45.9 Å². The molecule has 4 nitrogen and oxygen atoms in total. The standard InChI is InChI=1S/C16H24N2O2.ClH/c1-12-6-5-7-13(2)14(12)17-15(19)16(3,4)18-8-10-20-11-9-18;/h5-7H,8-11H2,1-4H3,(H,17,19);1H. The van der Waals surface area contributed by atoms with E-state index in [4.69, 9.17) is 4.74 Å². The van der Waals surface area contributed by atoms with Crippen molar-refractivity contribution in [3.63, 3.8) is 0 Å². The van der Waals surface area contributed by atoms with Crippen LogP contribution in [0.4, 0.5) is 5.69 Å². The van der Waals surface area contributed by atoms with Crippen LogP contribution in [0.5, 0.6) is 0 Å². The molecular formula is C16H25ClN2O2. The summed E-state index contributed by atoms with van der Waals surface area (Å²) < 4.78 is 5.36. The lowest BCUT2D eigenvalue weighted by Gasteiger charge is -2.39. The summed E-state index contributed by atoms with van der Waals surface area (Å²) in [7, 11) is 0. The molecule has 1 aliphatic heterocycles. The Balaban J connectivity index is 0.00000220. The summed E-state index contributed by atoms with van der Waals surface area (Å²) in [5, 5.41) is 3.09. The number of rotatable bonds is 3. The van der Waals surface area contributed by atoms with Gasteiger partial charge in [-0.2, -0.15) is 0 Å². The summed E-state index contributed by atoms with van der Waals surface area (Å²) >= 11 is 0. The number of nitrogens with zero attached hydrogens (tertiary/aromatic N) is 1. The van der Waals surface area contributed by atoms with Gasteiger partial charge in [-0.1, -0.05) is 18.2 Å². The molecule has 1 amide bonds. The SMILES string of the molecule is Cc1cccc(C)c1NC(=O)C(C)(C)N1CCOCC1.Cl. The van der Waals surface area contributed by atoms with E-state index in [9.17, 15) is 4.79 Å². The van der Waals surface area contributed by atoms with Crippen LogP contribution in [0.3, 0.4) is 0 Å². The lowest BCUT2D eigenvalue weighted by Crippen LogP contribution is -2.56. The molecule has 1 aromatic carbocycles. The van der Waals surface area contributed by atoms with Gasteiger partial charge in [0.1, 0.15) is 0 Å². The van der Waals surface area contributed by atoms with Gasteiger partial charge in [-0.15, -0.1) is 12.4 Å². The molecule has 0 spiro atoms. The molecule has 1 fully saturated rings. The second-order valence-corrected chi connectivity index (χ2v) is 5.88. The minimum Gasteiger partial charge on any atom is -0.379 e. The first-order valence-corrected chi connectivity index (χ1v) is 7.13. The summed E-state index contributed by atoms with van der Waals surface area (Å²) in [4.78, 5) is 14.8. The number of halogens is 1. The van der Waals surface area contributed by atoms with E-state index in [-0.39, 0.29) is 18.3 Å². The zero-order valence-corrected chi connectivity index (χ0v) is 14.0. The van der Waals surface area contributed by atoms with Crippen molar-refractivity contribution in [1.82, 2.24) is 4.90 Å². The molecule has 1 N–H and O–H groups in total. The number of amides is 1. The maximum atomic E-state index is 12.6. The minimum atomic E-state index is -0.529. The van der Waals surface area contributed by atoms with Gasteiger partial charge in [-0.05, 0) is 38.8 Å². The predicted molar refractivity (Wildman–Crippen MR) is 88.3 cm³/mol. The van der Waals surface area contributed by atoms with Crippen molar-refractivity contribution < 1.29 is 9.53 Å². The van der Waals surface area contributed by atoms with Gasteiger partial charge in [0.2, 0.25) is 5.91 Å². The van der Waals surface area contributed by atoms with Crippen molar-refractivity contribution in [2.24, 2.45) is 0 Å². The number of para-hydroxylation sites is 1. The Hall–Kier alpha value is -1.10. The van der Waals surface area contributed by atoms with Crippen LogP contribution in [0.1, 0.15) is 25.0 Å².